The number of rotatable bonds is 6. The molecule has 3 aromatic heterocycles. The van der Waals surface area contributed by atoms with E-state index < -0.39 is 14.4 Å². The molecule has 289 valence electrons. The van der Waals surface area contributed by atoms with E-state index in [2.05, 4.69) is 142 Å². The van der Waals surface area contributed by atoms with Crippen LogP contribution in [0.1, 0.15) is 48.5 Å². The van der Waals surface area contributed by atoms with Crippen molar-refractivity contribution >= 4 is 57.0 Å². The molecule has 6 heteroatoms. The van der Waals surface area contributed by atoms with Crippen LogP contribution in [0.3, 0.4) is 0 Å². The fraction of sp³-hybridized carbons (Fsp3) is 0.216. The Labute approximate surface area is 354 Å². The number of aromatic nitrogens is 3. The molecule has 4 nitrogen and oxygen atoms in total. The molecular weight excluding hydrogens is 891 g/mol. The van der Waals surface area contributed by atoms with Crippen LogP contribution in [0.25, 0.3) is 72.1 Å². The number of imidazole rings is 1. The topological polar surface area (TPSA) is 43.9 Å². The average Bonchev–Trinajstić information content (AvgIpc) is 3.79. The molecule has 9 rings (SSSR count). The molecule has 0 atom stereocenters. The Morgan fingerprint density at radius 1 is 0.789 bits per heavy atom. The van der Waals surface area contributed by atoms with Gasteiger partial charge in [-0.25, -0.2) is 0 Å². The zero-order valence-electron chi connectivity index (χ0n) is 35.9. The van der Waals surface area contributed by atoms with Crippen LogP contribution in [0.2, 0.25) is 19.6 Å². The number of benzene rings is 6. The normalized spacial score (nSPS) is 12.7. The van der Waals surface area contributed by atoms with Crippen molar-refractivity contribution in [3.63, 3.8) is 0 Å². The Morgan fingerprint density at radius 3 is 2.26 bits per heavy atom. The van der Waals surface area contributed by atoms with Gasteiger partial charge in [-0.15, -0.1) is 53.6 Å². The van der Waals surface area contributed by atoms with Gasteiger partial charge in [-0.05, 0) is 58.2 Å². The van der Waals surface area contributed by atoms with Crippen LogP contribution >= 0.6 is 0 Å². The zero-order chi connectivity index (χ0) is 41.0. The van der Waals surface area contributed by atoms with Gasteiger partial charge in [0.2, 0.25) is 0 Å². The first kappa shape index (κ1) is 37.4. The van der Waals surface area contributed by atoms with Crippen LogP contribution in [0.5, 0.6) is 0 Å². The molecule has 0 saturated heterocycles. The van der Waals surface area contributed by atoms with Gasteiger partial charge in [0.15, 0.2) is 0 Å². The zero-order valence-corrected chi connectivity index (χ0v) is 37.3. The van der Waals surface area contributed by atoms with Crippen molar-refractivity contribution in [2.75, 3.05) is 0 Å². The summed E-state index contributed by atoms with van der Waals surface area (Å²) in [6.07, 6.45) is 0.531. The third kappa shape index (κ3) is 8.05. The number of nitrogens with zero attached hydrogens (tertiary/aromatic N) is 3. The van der Waals surface area contributed by atoms with E-state index in [0.29, 0.717) is 0 Å². The van der Waals surface area contributed by atoms with Gasteiger partial charge in [0.1, 0.15) is 5.58 Å². The first-order valence-electron chi connectivity index (χ1n) is 20.4. The molecule has 0 aliphatic rings. The smallest absolute Gasteiger partial charge is 0.120 e. The fourth-order valence-electron chi connectivity index (χ4n) is 7.41. The van der Waals surface area contributed by atoms with E-state index in [1.807, 2.05) is 62.5 Å². The average molecular weight is 942 g/mol. The third-order valence-corrected chi connectivity index (χ3v) is 12.2. The Kier molecular flexibility index (Phi) is 10.5. The van der Waals surface area contributed by atoms with Crippen molar-refractivity contribution in [1.29, 1.82) is 0 Å². The fourth-order valence-corrected chi connectivity index (χ4v) is 8.81. The molecule has 0 amide bonds. The predicted molar refractivity (Wildman–Crippen MR) is 239 cm³/mol. The van der Waals surface area contributed by atoms with E-state index in [0.717, 1.165) is 72.1 Å². The predicted octanol–water partition coefficient (Wildman–Crippen LogP) is 13.1. The van der Waals surface area contributed by atoms with Gasteiger partial charge in [0.25, 0.3) is 0 Å². The Morgan fingerprint density at radius 2 is 1.49 bits per heavy atom. The maximum absolute atomic E-state index is 8.69. The van der Waals surface area contributed by atoms with Crippen molar-refractivity contribution in [1.82, 2.24) is 14.5 Å². The standard InChI is InChI=1S/C29H17N2O.C22H32NSi.Ir/c1-2-11-20-19(9-1)10-7-17-25(20)31-26-16-5-4-15-24(26)30-29(31)23-14-8-13-22-21-12-3-6-18-27(21)32-28(22)23;1-16(2)12-18-14-20(23-15-21(18)24(6,7)8)17-10-9-11-19(13-17)22(3,4)5;/h1-13,15-18H;9,11,13-16H,12H2,1-8H3;/q2*-1;/i;12D2;. The van der Waals surface area contributed by atoms with Gasteiger partial charge < -0.3 is 14.0 Å². The molecule has 6 aromatic carbocycles. The molecule has 0 N–H and O–H groups in total. The van der Waals surface area contributed by atoms with Crippen molar-refractivity contribution in [3.8, 4) is 28.3 Å². The van der Waals surface area contributed by atoms with E-state index in [1.54, 1.807) is 0 Å². The van der Waals surface area contributed by atoms with Crippen LogP contribution in [-0.4, -0.2) is 22.6 Å². The largest absolute Gasteiger partial charge is 0.501 e. The van der Waals surface area contributed by atoms with E-state index in [4.69, 9.17) is 17.1 Å². The van der Waals surface area contributed by atoms with Gasteiger partial charge in [-0.2, -0.15) is 0 Å². The Hall–Kier alpha value is -5.13. The number of furan rings is 1. The van der Waals surface area contributed by atoms with Crippen LogP contribution in [0.15, 0.2) is 138 Å². The summed E-state index contributed by atoms with van der Waals surface area (Å²) in [7, 11) is -1.71. The SMILES string of the molecule is [2H]C([2H])(c1cc(-c2[c-]ccc(C(C)(C)C)c2)ncc1[Si](C)(C)C)C(C)C.[Ir].[c-]1ccc2c(oc3ccccc32)c1-c1nc2ccccc2n1-c1cccc2ccccc12. The quantitative estimate of drug-likeness (QED) is 0.123. The van der Waals surface area contributed by atoms with E-state index in [1.165, 1.54) is 16.3 Å². The van der Waals surface area contributed by atoms with Gasteiger partial charge in [-0.1, -0.05) is 144 Å². The molecule has 1 radical (unpaired) electrons. The maximum Gasteiger partial charge on any atom is 0.120 e. The molecular formula is C51H49IrN3OSi-2. The van der Waals surface area contributed by atoms with Crippen molar-refractivity contribution in [2.45, 2.75) is 66.0 Å². The van der Waals surface area contributed by atoms with Crippen molar-refractivity contribution < 1.29 is 27.3 Å². The minimum atomic E-state index is -1.71. The summed E-state index contributed by atoms with van der Waals surface area (Å²) in [6, 6.07) is 50.1. The molecule has 3 heterocycles. The van der Waals surface area contributed by atoms with E-state index in [9.17, 15) is 0 Å². The summed E-state index contributed by atoms with van der Waals surface area (Å²) in [4.78, 5) is 9.77. The number of fused-ring (bicyclic) bond motifs is 5. The summed E-state index contributed by atoms with van der Waals surface area (Å²) in [5.74, 6) is 0.727. The molecule has 9 aromatic rings. The molecule has 0 aliphatic carbocycles. The molecule has 0 spiro atoms. The van der Waals surface area contributed by atoms with Crippen LogP contribution < -0.4 is 5.19 Å². The Bertz CT molecular complexity index is 2950. The molecule has 0 aliphatic heterocycles. The molecule has 57 heavy (non-hydrogen) atoms. The summed E-state index contributed by atoms with van der Waals surface area (Å²) in [6.45, 7) is 17.2. The first-order chi connectivity index (χ1) is 27.6. The molecule has 0 fully saturated rings. The van der Waals surface area contributed by atoms with Crippen LogP contribution in [0.4, 0.5) is 0 Å². The number of hydrogen-bond donors (Lipinski definition) is 0. The minimum absolute atomic E-state index is 0. The van der Waals surface area contributed by atoms with Crippen LogP contribution in [-0.2, 0) is 31.9 Å². The number of hydrogen-bond acceptors (Lipinski definition) is 3. The van der Waals surface area contributed by atoms with Crippen molar-refractivity contribution in [2.24, 2.45) is 5.92 Å². The second-order valence-corrected chi connectivity index (χ2v) is 21.9. The first-order valence-corrected chi connectivity index (χ1v) is 22.9. The summed E-state index contributed by atoms with van der Waals surface area (Å²) in [5, 5.41) is 5.65. The van der Waals surface area contributed by atoms with E-state index in [-0.39, 0.29) is 31.4 Å². The summed E-state index contributed by atoms with van der Waals surface area (Å²) < 4.78 is 25.9. The van der Waals surface area contributed by atoms with Gasteiger partial charge in [0, 0.05) is 45.5 Å². The molecule has 0 saturated carbocycles. The summed E-state index contributed by atoms with van der Waals surface area (Å²) in [5.41, 5.74) is 9.45. The second-order valence-electron chi connectivity index (χ2n) is 16.9. The number of pyridine rings is 1. The van der Waals surface area contributed by atoms with Crippen molar-refractivity contribution in [3.05, 3.63) is 157 Å². The monoisotopic (exact) mass is 942 g/mol. The second kappa shape index (κ2) is 16.0. The molecule has 0 unspecified atom stereocenters. The maximum atomic E-state index is 8.69. The third-order valence-electron chi connectivity index (χ3n) is 10.2. The van der Waals surface area contributed by atoms with Gasteiger partial charge >= 0.3 is 0 Å². The Balaban J connectivity index is 0.000000181. The van der Waals surface area contributed by atoms with Crippen LogP contribution in [0, 0.1) is 18.1 Å². The minimum Gasteiger partial charge on any atom is -0.501 e. The molecule has 0 bridgehead atoms. The summed E-state index contributed by atoms with van der Waals surface area (Å²) >= 11 is 0. The van der Waals surface area contributed by atoms with Gasteiger partial charge in [0.05, 0.1) is 30.5 Å². The van der Waals surface area contributed by atoms with E-state index >= 15 is 0 Å². The number of para-hydroxylation sites is 3. The van der Waals surface area contributed by atoms with Gasteiger partial charge in [-0.3, -0.25) is 4.98 Å².